The van der Waals surface area contributed by atoms with Gasteiger partial charge in [-0.15, -0.1) is 12.4 Å². The molecule has 1 fully saturated rings. The van der Waals surface area contributed by atoms with E-state index in [1.807, 2.05) is 33.7 Å². The standard InChI is InChI=1S/C19H28N4O2.ClH/c1-3-9-21-16-6-4-5-7-17(16)22(19(21)25)10-8-18(24)23-13-15(12-20)11-14(23)2;/h4-7,14-15H,3,8-13,20H2,1-2H3;1H. The monoisotopic (exact) mass is 380 g/mol. The fourth-order valence-electron chi connectivity index (χ4n) is 3.94. The summed E-state index contributed by atoms with van der Waals surface area (Å²) < 4.78 is 3.55. The molecule has 2 N–H and O–H groups in total. The molecule has 7 heteroatoms. The average molecular weight is 381 g/mol. The Kier molecular flexibility index (Phi) is 6.89. The molecule has 2 aromatic rings. The molecule has 1 aromatic carbocycles. The van der Waals surface area contributed by atoms with Crippen LogP contribution in [0, 0.1) is 5.92 Å². The van der Waals surface area contributed by atoms with Gasteiger partial charge >= 0.3 is 5.69 Å². The van der Waals surface area contributed by atoms with Crippen LogP contribution < -0.4 is 11.4 Å². The van der Waals surface area contributed by atoms with Crippen LogP contribution in [0.5, 0.6) is 0 Å². The Hall–Kier alpha value is -1.79. The topological polar surface area (TPSA) is 73.3 Å². The van der Waals surface area contributed by atoms with E-state index in [1.165, 1.54) is 0 Å². The maximum atomic E-state index is 12.8. The molecule has 1 saturated heterocycles. The minimum atomic E-state index is -0.0230. The predicted molar refractivity (Wildman–Crippen MR) is 107 cm³/mol. The van der Waals surface area contributed by atoms with Crippen LogP contribution in [0.3, 0.4) is 0 Å². The lowest BCUT2D eigenvalue weighted by Crippen LogP contribution is -2.35. The Morgan fingerprint density at radius 3 is 2.35 bits per heavy atom. The number of nitrogens with two attached hydrogens (primary N) is 1. The Labute approximate surface area is 160 Å². The van der Waals surface area contributed by atoms with Crippen LogP contribution in [-0.2, 0) is 17.9 Å². The fraction of sp³-hybridized carbons (Fsp3) is 0.579. The van der Waals surface area contributed by atoms with E-state index in [4.69, 9.17) is 5.73 Å². The third kappa shape index (κ3) is 3.81. The number of carbonyl (C=O) groups is 1. The number of hydrogen-bond donors (Lipinski definition) is 1. The lowest BCUT2D eigenvalue weighted by Gasteiger charge is -2.21. The highest BCUT2D eigenvalue weighted by Crippen LogP contribution is 2.23. The zero-order valence-corrected chi connectivity index (χ0v) is 16.4. The quantitative estimate of drug-likeness (QED) is 0.835. The maximum Gasteiger partial charge on any atom is 0.329 e. The summed E-state index contributed by atoms with van der Waals surface area (Å²) >= 11 is 0. The Morgan fingerprint density at radius 2 is 1.81 bits per heavy atom. The SMILES string of the molecule is CCCn1c(=O)n(CCC(=O)N2CC(CN)CC2C)c2ccccc21.Cl. The number of nitrogens with zero attached hydrogens (tertiary/aromatic N) is 3. The number of carbonyl (C=O) groups excluding carboxylic acids is 1. The van der Waals surface area contributed by atoms with E-state index in [0.29, 0.717) is 32.0 Å². The van der Waals surface area contributed by atoms with Crippen LogP contribution in [0.4, 0.5) is 0 Å². The first kappa shape index (κ1) is 20.5. The highest BCUT2D eigenvalue weighted by Gasteiger charge is 2.31. The number of para-hydroxylation sites is 2. The van der Waals surface area contributed by atoms with Crippen molar-refractivity contribution in [1.29, 1.82) is 0 Å². The third-order valence-corrected chi connectivity index (χ3v) is 5.24. The van der Waals surface area contributed by atoms with Gasteiger partial charge in [-0.1, -0.05) is 19.1 Å². The Balaban J connectivity index is 0.00000243. The van der Waals surface area contributed by atoms with Crippen molar-refractivity contribution >= 4 is 29.3 Å². The summed E-state index contributed by atoms with van der Waals surface area (Å²) in [5.41, 5.74) is 7.58. The van der Waals surface area contributed by atoms with Crippen LogP contribution in [-0.4, -0.2) is 39.1 Å². The molecule has 26 heavy (non-hydrogen) atoms. The zero-order valence-electron chi connectivity index (χ0n) is 15.6. The van der Waals surface area contributed by atoms with Crippen LogP contribution in [0.25, 0.3) is 11.0 Å². The molecular weight excluding hydrogens is 352 g/mol. The number of imidazole rings is 1. The second-order valence-electron chi connectivity index (χ2n) is 7.06. The van der Waals surface area contributed by atoms with Gasteiger partial charge in [0.2, 0.25) is 5.91 Å². The summed E-state index contributed by atoms with van der Waals surface area (Å²) in [6, 6.07) is 8.04. The predicted octanol–water partition coefficient (Wildman–Crippen LogP) is 2.22. The number of fused-ring (bicyclic) bond motifs is 1. The van der Waals surface area contributed by atoms with E-state index < -0.39 is 0 Å². The minimum Gasteiger partial charge on any atom is -0.340 e. The second kappa shape index (κ2) is 8.73. The van der Waals surface area contributed by atoms with Gasteiger partial charge < -0.3 is 10.6 Å². The molecular formula is C19H29ClN4O2. The number of rotatable bonds is 6. The molecule has 1 amide bonds. The van der Waals surface area contributed by atoms with Crippen molar-refractivity contribution in [2.24, 2.45) is 11.7 Å². The van der Waals surface area contributed by atoms with Gasteiger partial charge in [0, 0.05) is 32.1 Å². The van der Waals surface area contributed by atoms with Gasteiger partial charge in [0.1, 0.15) is 0 Å². The number of hydrogen-bond acceptors (Lipinski definition) is 3. The van der Waals surface area contributed by atoms with Crippen molar-refractivity contribution in [2.45, 2.75) is 52.2 Å². The molecule has 1 aromatic heterocycles. The largest absolute Gasteiger partial charge is 0.340 e. The molecule has 144 valence electrons. The third-order valence-electron chi connectivity index (χ3n) is 5.24. The maximum absolute atomic E-state index is 12.8. The summed E-state index contributed by atoms with van der Waals surface area (Å²) in [4.78, 5) is 27.3. The lowest BCUT2D eigenvalue weighted by atomic mass is 10.1. The van der Waals surface area contributed by atoms with E-state index >= 15 is 0 Å². The molecule has 0 saturated carbocycles. The van der Waals surface area contributed by atoms with Crippen LogP contribution in [0.15, 0.2) is 29.1 Å². The average Bonchev–Trinajstić information content (AvgIpc) is 3.12. The van der Waals surface area contributed by atoms with E-state index in [1.54, 1.807) is 4.57 Å². The van der Waals surface area contributed by atoms with Crippen molar-refractivity contribution < 1.29 is 4.79 Å². The van der Waals surface area contributed by atoms with E-state index in [0.717, 1.165) is 30.4 Å². The van der Waals surface area contributed by atoms with E-state index in [-0.39, 0.29) is 30.0 Å². The van der Waals surface area contributed by atoms with Gasteiger partial charge in [-0.25, -0.2) is 4.79 Å². The first-order chi connectivity index (χ1) is 12.1. The van der Waals surface area contributed by atoms with Gasteiger partial charge in [-0.2, -0.15) is 0 Å². The van der Waals surface area contributed by atoms with Crippen molar-refractivity contribution in [3.63, 3.8) is 0 Å². The van der Waals surface area contributed by atoms with Crippen molar-refractivity contribution in [2.75, 3.05) is 13.1 Å². The molecule has 1 aliphatic heterocycles. The first-order valence-corrected chi connectivity index (χ1v) is 9.24. The molecule has 0 bridgehead atoms. The van der Waals surface area contributed by atoms with Crippen LogP contribution in [0.2, 0.25) is 0 Å². The van der Waals surface area contributed by atoms with Crippen LogP contribution >= 0.6 is 12.4 Å². The second-order valence-corrected chi connectivity index (χ2v) is 7.06. The highest BCUT2D eigenvalue weighted by atomic mass is 35.5. The first-order valence-electron chi connectivity index (χ1n) is 9.24. The van der Waals surface area contributed by atoms with E-state index in [9.17, 15) is 9.59 Å². The number of aryl methyl sites for hydroxylation is 2. The number of amides is 1. The highest BCUT2D eigenvalue weighted by molar-refractivity contribution is 5.85. The molecule has 2 heterocycles. The van der Waals surface area contributed by atoms with Gasteiger partial charge in [0.05, 0.1) is 11.0 Å². The Morgan fingerprint density at radius 1 is 1.19 bits per heavy atom. The van der Waals surface area contributed by atoms with Crippen molar-refractivity contribution in [1.82, 2.24) is 14.0 Å². The molecule has 3 rings (SSSR count). The summed E-state index contributed by atoms with van der Waals surface area (Å²) in [6.07, 6.45) is 2.22. The summed E-state index contributed by atoms with van der Waals surface area (Å²) in [7, 11) is 0. The molecule has 0 spiro atoms. The lowest BCUT2D eigenvalue weighted by molar-refractivity contribution is -0.132. The van der Waals surface area contributed by atoms with Crippen LogP contribution in [0.1, 0.15) is 33.1 Å². The number of likely N-dealkylation sites (tertiary alicyclic amines) is 1. The molecule has 2 unspecified atom stereocenters. The Bertz CT molecular complexity index is 813. The molecule has 6 nitrogen and oxygen atoms in total. The van der Waals surface area contributed by atoms with Gasteiger partial charge in [-0.05, 0) is 44.4 Å². The van der Waals surface area contributed by atoms with Gasteiger partial charge in [0.15, 0.2) is 0 Å². The summed E-state index contributed by atoms with van der Waals surface area (Å²) in [6.45, 7) is 6.62. The summed E-state index contributed by atoms with van der Waals surface area (Å²) in [5.74, 6) is 0.510. The molecule has 1 aliphatic rings. The zero-order chi connectivity index (χ0) is 18.0. The molecule has 0 aliphatic carbocycles. The van der Waals surface area contributed by atoms with Gasteiger partial charge in [0.25, 0.3) is 0 Å². The smallest absolute Gasteiger partial charge is 0.329 e. The molecule has 2 atom stereocenters. The number of aromatic nitrogens is 2. The van der Waals surface area contributed by atoms with E-state index in [2.05, 4.69) is 13.8 Å². The summed E-state index contributed by atoms with van der Waals surface area (Å²) in [5, 5.41) is 0. The number of benzene rings is 1. The molecule has 0 radical (unpaired) electrons. The minimum absolute atomic E-state index is 0. The normalized spacial score (nSPS) is 19.7. The van der Waals surface area contributed by atoms with Gasteiger partial charge in [-0.3, -0.25) is 13.9 Å². The fourth-order valence-corrected chi connectivity index (χ4v) is 3.94. The number of halogens is 1. The van der Waals surface area contributed by atoms with Crippen molar-refractivity contribution in [3.05, 3.63) is 34.7 Å². The van der Waals surface area contributed by atoms with Crippen molar-refractivity contribution in [3.8, 4) is 0 Å².